The van der Waals surface area contributed by atoms with Crippen LogP contribution in [0.1, 0.15) is 24.8 Å². The van der Waals surface area contributed by atoms with Gasteiger partial charge in [-0.1, -0.05) is 29.6 Å². The van der Waals surface area contributed by atoms with Crippen LogP contribution >= 0.6 is 23.2 Å². The first-order valence-corrected chi connectivity index (χ1v) is 9.08. The van der Waals surface area contributed by atoms with Gasteiger partial charge in [0.05, 0.1) is 5.02 Å². The number of piperidine rings is 1. The van der Waals surface area contributed by atoms with E-state index in [1.807, 2.05) is 0 Å². The summed E-state index contributed by atoms with van der Waals surface area (Å²) in [4.78, 5) is 2.66. The Kier molecular flexibility index (Phi) is 5.88. The first-order valence-electron chi connectivity index (χ1n) is 6.84. The van der Waals surface area contributed by atoms with E-state index in [9.17, 15) is 8.42 Å². The Bertz CT molecular complexity index is 602. The molecule has 1 aliphatic rings. The lowest BCUT2D eigenvalue weighted by Gasteiger charge is -2.26. The van der Waals surface area contributed by atoms with Crippen LogP contribution < -0.4 is 10.1 Å². The van der Waals surface area contributed by atoms with Gasteiger partial charge in [0.1, 0.15) is 4.90 Å². The maximum absolute atomic E-state index is 12.5. The highest BCUT2D eigenvalue weighted by atomic mass is 35.5. The largest absolute Gasteiger partial charge is 0.316 e. The maximum atomic E-state index is 12.5. The fraction of sp³-hybridized carbons (Fsp3) is 0.538. The highest BCUT2D eigenvalue weighted by Crippen LogP contribution is 2.29. The van der Waals surface area contributed by atoms with Crippen LogP contribution in [0.5, 0.6) is 0 Å². The number of hydrazine groups is 1. The first-order chi connectivity index (χ1) is 9.94. The van der Waals surface area contributed by atoms with Crippen molar-refractivity contribution in [2.45, 2.75) is 30.7 Å². The SMILES string of the molecule is CNCc1cc(S(=O)(=O)NN2CCCCC2)c(Cl)cc1Cl. The van der Waals surface area contributed by atoms with Crippen LogP contribution in [-0.4, -0.2) is 33.6 Å². The molecule has 1 saturated heterocycles. The van der Waals surface area contributed by atoms with Gasteiger partial charge in [-0.15, -0.1) is 4.83 Å². The molecule has 0 aromatic heterocycles. The van der Waals surface area contributed by atoms with Gasteiger partial charge in [0, 0.05) is 24.7 Å². The quantitative estimate of drug-likeness (QED) is 0.854. The summed E-state index contributed by atoms with van der Waals surface area (Å²) in [5, 5.41) is 5.25. The van der Waals surface area contributed by atoms with Gasteiger partial charge in [0.25, 0.3) is 10.0 Å². The van der Waals surface area contributed by atoms with E-state index in [0.29, 0.717) is 30.2 Å². The van der Waals surface area contributed by atoms with Gasteiger partial charge in [-0.3, -0.25) is 0 Å². The number of rotatable bonds is 5. The van der Waals surface area contributed by atoms with Crippen LogP contribution in [0.2, 0.25) is 10.0 Å². The van der Waals surface area contributed by atoms with Crippen LogP contribution in [-0.2, 0) is 16.6 Å². The lowest BCUT2D eigenvalue weighted by atomic mass is 10.2. The minimum absolute atomic E-state index is 0.0596. The maximum Gasteiger partial charge on any atom is 0.254 e. The van der Waals surface area contributed by atoms with Crippen molar-refractivity contribution < 1.29 is 8.42 Å². The van der Waals surface area contributed by atoms with Crippen molar-refractivity contribution >= 4 is 33.2 Å². The monoisotopic (exact) mass is 351 g/mol. The Balaban J connectivity index is 2.27. The van der Waals surface area contributed by atoms with Gasteiger partial charge in [-0.2, -0.15) is 0 Å². The van der Waals surface area contributed by atoms with Gasteiger partial charge >= 0.3 is 0 Å². The molecular formula is C13H19Cl2N3O2S. The van der Waals surface area contributed by atoms with Crippen LogP contribution in [0.4, 0.5) is 0 Å². The Morgan fingerprint density at radius 2 is 1.81 bits per heavy atom. The Labute approximate surface area is 135 Å². The lowest BCUT2D eigenvalue weighted by Crippen LogP contribution is -2.45. The molecule has 0 amide bonds. The average molecular weight is 352 g/mol. The van der Waals surface area contributed by atoms with Crippen molar-refractivity contribution in [3.8, 4) is 0 Å². The molecule has 5 nitrogen and oxygen atoms in total. The molecule has 1 aliphatic heterocycles. The van der Waals surface area contributed by atoms with Gasteiger partial charge in [0.15, 0.2) is 0 Å². The molecule has 1 fully saturated rings. The lowest BCUT2D eigenvalue weighted by molar-refractivity contribution is 0.200. The van der Waals surface area contributed by atoms with Gasteiger partial charge in [-0.25, -0.2) is 13.4 Å². The van der Waals surface area contributed by atoms with E-state index < -0.39 is 10.0 Å². The molecule has 0 aliphatic carbocycles. The number of nitrogens with zero attached hydrogens (tertiary/aromatic N) is 1. The molecule has 0 saturated carbocycles. The zero-order valence-corrected chi connectivity index (χ0v) is 14.2. The fourth-order valence-corrected chi connectivity index (χ4v) is 4.30. The van der Waals surface area contributed by atoms with Gasteiger partial charge in [-0.05, 0) is 37.6 Å². The standard InChI is InChI=1S/C13H19Cl2N3O2S/c1-16-9-10-7-13(12(15)8-11(10)14)21(19,20)17-18-5-3-2-4-6-18/h7-8,16-17H,2-6,9H2,1H3. The Morgan fingerprint density at radius 3 is 2.43 bits per heavy atom. The summed E-state index contributed by atoms with van der Waals surface area (Å²) >= 11 is 12.1. The highest BCUT2D eigenvalue weighted by molar-refractivity contribution is 7.89. The van der Waals surface area contributed by atoms with Crippen LogP contribution in [0.25, 0.3) is 0 Å². The summed E-state index contributed by atoms with van der Waals surface area (Å²) in [6.45, 7) is 1.91. The number of sulfonamides is 1. The average Bonchev–Trinajstić information content (AvgIpc) is 2.42. The second-order valence-electron chi connectivity index (χ2n) is 5.05. The number of hydrogen-bond acceptors (Lipinski definition) is 4. The second-order valence-corrected chi connectivity index (χ2v) is 7.49. The Hall–Kier alpha value is -0.370. The summed E-state index contributed by atoms with van der Waals surface area (Å²) in [5.74, 6) is 0. The topological polar surface area (TPSA) is 61.4 Å². The Morgan fingerprint density at radius 1 is 1.14 bits per heavy atom. The second kappa shape index (κ2) is 7.26. The number of hydrogen-bond donors (Lipinski definition) is 2. The zero-order chi connectivity index (χ0) is 15.5. The summed E-state index contributed by atoms with van der Waals surface area (Å²) < 4.78 is 25.0. The molecule has 0 bridgehead atoms. The van der Waals surface area contributed by atoms with Gasteiger partial charge in [0.2, 0.25) is 0 Å². The predicted molar refractivity (Wildman–Crippen MR) is 85.0 cm³/mol. The molecule has 0 spiro atoms. The van der Waals surface area contributed by atoms with Crippen molar-refractivity contribution in [2.75, 3.05) is 20.1 Å². The van der Waals surface area contributed by atoms with Crippen LogP contribution in [0, 0.1) is 0 Å². The van der Waals surface area contributed by atoms with Crippen LogP contribution in [0.15, 0.2) is 17.0 Å². The van der Waals surface area contributed by atoms with E-state index in [-0.39, 0.29) is 9.92 Å². The molecular weight excluding hydrogens is 333 g/mol. The molecule has 8 heteroatoms. The molecule has 0 atom stereocenters. The molecule has 2 N–H and O–H groups in total. The third-order valence-electron chi connectivity index (χ3n) is 3.36. The smallest absolute Gasteiger partial charge is 0.254 e. The third kappa shape index (κ3) is 4.31. The van der Waals surface area contributed by atoms with E-state index in [4.69, 9.17) is 23.2 Å². The molecule has 0 radical (unpaired) electrons. The van der Waals surface area contributed by atoms with Gasteiger partial charge < -0.3 is 5.32 Å². The van der Waals surface area contributed by atoms with E-state index >= 15 is 0 Å². The molecule has 21 heavy (non-hydrogen) atoms. The number of nitrogens with one attached hydrogen (secondary N) is 2. The van der Waals surface area contributed by atoms with Crippen molar-refractivity contribution in [3.05, 3.63) is 27.7 Å². The first kappa shape index (κ1) is 17.0. The fourth-order valence-electron chi connectivity index (χ4n) is 2.31. The van der Waals surface area contributed by atoms with Crippen molar-refractivity contribution in [1.82, 2.24) is 15.2 Å². The minimum atomic E-state index is -3.69. The zero-order valence-electron chi connectivity index (χ0n) is 11.8. The molecule has 1 heterocycles. The summed E-state index contributed by atoms with van der Waals surface area (Å²) in [7, 11) is -1.92. The molecule has 2 rings (SSSR count). The molecule has 1 aromatic rings. The molecule has 0 unspecified atom stereocenters. The number of halogens is 2. The minimum Gasteiger partial charge on any atom is -0.316 e. The van der Waals surface area contributed by atoms with Crippen molar-refractivity contribution in [1.29, 1.82) is 0 Å². The van der Waals surface area contributed by atoms with E-state index in [1.54, 1.807) is 12.1 Å². The molecule has 1 aromatic carbocycles. The predicted octanol–water partition coefficient (Wildman–Crippen LogP) is 2.39. The summed E-state index contributed by atoms with van der Waals surface area (Å²) in [6.07, 6.45) is 3.11. The van der Waals surface area contributed by atoms with Crippen LogP contribution in [0.3, 0.4) is 0 Å². The summed E-state index contributed by atoms with van der Waals surface area (Å²) in [6, 6.07) is 2.99. The van der Waals surface area contributed by atoms with Crippen molar-refractivity contribution in [2.24, 2.45) is 0 Å². The highest BCUT2D eigenvalue weighted by Gasteiger charge is 2.23. The summed E-state index contributed by atoms with van der Waals surface area (Å²) in [5.41, 5.74) is 0.697. The third-order valence-corrected chi connectivity index (χ3v) is 5.55. The van der Waals surface area contributed by atoms with E-state index in [1.165, 1.54) is 12.1 Å². The molecule has 118 valence electrons. The van der Waals surface area contributed by atoms with E-state index in [2.05, 4.69) is 10.1 Å². The van der Waals surface area contributed by atoms with Crippen molar-refractivity contribution in [3.63, 3.8) is 0 Å². The number of benzene rings is 1. The van der Waals surface area contributed by atoms with E-state index in [0.717, 1.165) is 19.3 Å². The normalized spacial score (nSPS) is 17.1.